The molecule has 1 aliphatic carbocycles. The van der Waals surface area contributed by atoms with Crippen LogP contribution in [0.2, 0.25) is 0 Å². The Labute approximate surface area is 307 Å². The van der Waals surface area contributed by atoms with E-state index in [0.717, 1.165) is 110 Å². The van der Waals surface area contributed by atoms with E-state index in [-0.39, 0.29) is 34.8 Å². The summed E-state index contributed by atoms with van der Waals surface area (Å²) in [7, 11) is 0. The second-order valence-corrected chi connectivity index (χ2v) is 16.1. The molecule has 12 nitrogen and oxygen atoms in total. The monoisotopic (exact) mass is 719 g/mol. The van der Waals surface area contributed by atoms with Gasteiger partial charge in [-0.3, -0.25) is 19.7 Å². The summed E-state index contributed by atoms with van der Waals surface area (Å²) in [6.07, 6.45) is 11.7. The summed E-state index contributed by atoms with van der Waals surface area (Å²) in [4.78, 5) is 47.4. The number of nitrogens with zero attached hydrogens (tertiary/aromatic N) is 6. The number of rotatable bonds is 7. The molecule has 13 heteroatoms. The van der Waals surface area contributed by atoms with Gasteiger partial charge in [0.05, 0.1) is 34.4 Å². The smallest absolute Gasteiger partial charge is 0.259 e. The van der Waals surface area contributed by atoms with Crippen LogP contribution in [-0.2, 0) is 14.4 Å². The topological polar surface area (TPSA) is 137 Å². The maximum atomic E-state index is 12.6. The fraction of sp³-hybridized carbons (Fsp3) is 0.487. The standard InChI is InChI=1S/C39H45N9O3S/c49-34-10-6-28(38(50)43-34)26-3-1-24(2-4-26)25-11-17-46(18-12-25)21-22-47-19-13-27(14-20-47)48-23-32(44-45-48)31-7-5-29-30(42-31)8-9-33-35(29)36-37(52-33)39(51)41-16-15-40-36/h1-5,7-9,23,25,27-28,33,35,40H,6,10-22H2,(H,41,51)(H,43,49,50). The summed E-state index contributed by atoms with van der Waals surface area (Å²) in [5.41, 5.74) is 7.10. The van der Waals surface area contributed by atoms with Gasteiger partial charge in [0.25, 0.3) is 5.91 Å². The highest BCUT2D eigenvalue weighted by molar-refractivity contribution is 8.05. The number of amides is 3. The summed E-state index contributed by atoms with van der Waals surface area (Å²) in [6, 6.07) is 13.1. The van der Waals surface area contributed by atoms with E-state index in [9.17, 15) is 14.4 Å². The summed E-state index contributed by atoms with van der Waals surface area (Å²) in [5.74, 6) is 0.123. The van der Waals surface area contributed by atoms with Crippen LogP contribution in [0.4, 0.5) is 0 Å². The van der Waals surface area contributed by atoms with Crippen molar-refractivity contribution in [2.24, 2.45) is 0 Å². The number of carbonyl (C=O) groups excluding carboxylic acids is 3. The summed E-state index contributed by atoms with van der Waals surface area (Å²) in [5, 5.41) is 18.3. The van der Waals surface area contributed by atoms with Crippen molar-refractivity contribution in [3.05, 3.63) is 81.7 Å². The lowest BCUT2D eigenvalue weighted by Gasteiger charge is -2.36. The van der Waals surface area contributed by atoms with Crippen molar-refractivity contribution in [3.8, 4) is 11.4 Å². The molecule has 9 rings (SSSR count). The van der Waals surface area contributed by atoms with Crippen molar-refractivity contribution in [2.45, 2.75) is 67.6 Å². The number of fused-ring (bicyclic) bond motifs is 4. The largest absolute Gasteiger partial charge is 0.385 e. The van der Waals surface area contributed by atoms with Crippen molar-refractivity contribution in [3.63, 3.8) is 0 Å². The van der Waals surface area contributed by atoms with Gasteiger partial charge < -0.3 is 20.4 Å². The van der Waals surface area contributed by atoms with E-state index in [0.29, 0.717) is 31.3 Å². The van der Waals surface area contributed by atoms with Crippen LogP contribution >= 0.6 is 11.8 Å². The molecule has 52 heavy (non-hydrogen) atoms. The minimum absolute atomic E-state index is 0.0206. The molecular formula is C39H45N9O3S. The summed E-state index contributed by atoms with van der Waals surface area (Å²) >= 11 is 1.64. The van der Waals surface area contributed by atoms with Gasteiger partial charge in [0.1, 0.15) is 5.69 Å². The number of thioether (sulfide) groups is 1. The first-order valence-electron chi connectivity index (χ1n) is 18.9. The van der Waals surface area contributed by atoms with Crippen molar-refractivity contribution in [1.29, 1.82) is 0 Å². The third-order valence-corrected chi connectivity index (χ3v) is 13.2. The van der Waals surface area contributed by atoms with Gasteiger partial charge in [0, 0.05) is 62.6 Å². The van der Waals surface area contributed by atoms with Gasteiger partial charge in [-0.1, -0.05) is 41.6 Å². The molecule has 0 bridgehead atoms. The molecule has 3 fully saturated rings. The lowest BCUT2D eigenvalue weighted by atomic mass is 9.86. The third kappa shape index (κ3) is 6.58. The van der Waals surface area contributed by atoms with Crippen molar-refractivity contribution in [1.82, 2.24) is 45.7 Å². The van der Waals surface area contributed by atoms with E-state index in [1.807, 2.05) is 4.68 Å². The molecule has 5 aliphatic heterocycles. The zero-order valence-corrected chi connectivity index (χ0v) is 30.1. The predicted octanol–water partition coefficient (Wildman–Crippen LogP) is 3.53. The zero-order chi connectivity index (χ0) is 35.2. The van der Waals surface area contributed by atoms with Gasteiger partial charge in [-0.15, -0.1) is 16.9 Å². The van der Waals surface area contributed by atoms with Crippen LogP contribution in [0.1, 0.15) is 84.7 Å². The van der Waals surface area contributed by atoms with Gasteiger partial charge in [0.15, 0.2) is 0 Å². The minimum Gasteiger partial charge on any atom is -0.385 e. The molecule has 3 saturated heterocycles. The van der Waals surface area contributed by atoms with E-state index >= 15 is 0 Å². The average Bonchev–Trinajstić information content (AvgIpc) is 3.78. The first-order valence-corrected chi connectivity index (χ1v) is 19.8. The van der Waals surface area contributed by atoms with Gasteiger partial charge in [0.2, 0.25) is 11.8 Å². The number of hydrogen-bond acceptors (Lipinski definition) is 10. The number of imide groups is 1. The highest BCUT2D eigenvalue weighted by Gasteiger charge is 2.42. The summed E-state index contributed by atoms with van der Waals surface area (Å²) < 4.78 is 2.04. The molecular weight excluding hydrogens is 675 g/mol. The van der Waals surface area contributed by atoms with Crippen LogP contribution < -0.4 is 16.0 Å². The first kappa shape index (κ1) is 33.5. The van der Waals surface area contributed by atoms with Crippen LogP contribution in [0.3, 0.4) is 0 Å². The fourth-order valence-electron chi connectivity index (χ4n) is 8.85. The molecule has 0 saturated carbocycles. The highest BCUT2D eigenvalue weighted by atomic mass is 32.2. The van der Waals surface area contributed by atoms with Crippen LogP contribution in [0.5, 0.6) is 0 Å². The second kappa shape index (κ2) is 14.2. The first-order chi connectivity index (χ1) is 25.5. The lowest BCUT2D eigenvalue weighted by Crippen LogP contribution is -2.42. The second-order valence-electron chi connectivity index (χ2n) is 15.0. The van der Waals surface area contributed by atoms with Crippen molar-refractivity contribution >= 4 is 35.6 Å². The molecule has 6 aliphatic rings. The Morgan fingerprint density at radius 3 is 2.31 bits per heavy atom. The molecule has 7 heterocycles. The molecule has 3 aromatic rings. The SMILES string of the molecule is O=C1CCC(c2ccc(C3CCN(CCN4CCC(n5cc(-c6ccc7c(n6)C=CC6SC8=C(NCCNC8=O)C76)nn5)CC4)CC3)cc2)C(=O)N1. The molecule has 0 radical (unpaired) electrons. The molecule has 0 spiro atoms. The summed E-state index contributed by atoms with van der Waals surface area (Å²) in [6.45, 7) is 7.88. The minimum atomic E-state index is -0.220. The molecule has 3 N–H and O–H groups in total. The van der Waals surface area contributed by atoms with E-state index in [2.05, 4.69) is 90.8 Å². The molecule has 3 unspecified atom stereocenters. The number of carbonyl (C=O) groups is 3. The third-order valence-electron chi connectivity index (χ3n) is 11.9. The maximum absolute atomic E-state index is 12.6. The Kier molecular flexibility index (Phi) is 9.18. The highest BCUT2D eigenvalue weighted by Crippen LogP contribution is 2.50. The number of benzene rings is 1. The molecule has 2 aromatic heterocycles. The number of pyridine rings is 1. The van der Waals surface area contributed by atoms with E-state index in [1.165, 1.54) is 5.56 Å². The van der Waals surface area contributed by atoms with E-state index in [1.54, 1.807) is 11.8 Å². The Balaban J connectivity index is 0.743. The fourth-order valence-corrected chi connectivity index (χ4v) is 10.2. The van der Waals surface area contributed by atoms with E-state index in [4.69, 9.17) is 4.98 Å². The van der Waals surface area contributed by atoms with Crippen molar-refractivity contribution < 1.29 is 14.4 Å². The molecule has 270 valence electrons. The number of hydrogen-bond donors (Lipinski definition) is 3. The number of nitrogens with one attached hydrogen (secondary N) is 3. The van der Waals surface area contributed by atoms with Crippen LogP contribution in [0, 0.1) is 0 Å². The number of likely N-dealkylation sites (tertiary alicyclic amines) is 2. The number of aromatic nitrogens is 4. The molecule has 1 aromatic carbocycles. The number of allylic oxidation sites excluding steroid dienone is 1. The normalized spacial score (nSPS) is 25.9. The Morgan fingerprint density at radius 2 is 1.54 bits per heavy atom. The van der Waals surface area contributed by atoms with Gasteiger partial charge in [-0.25, -0.2) is 9.67 Å². The van der Waals surface area contributed by atoms with Crippen molar-refractivity contribution in [2.75, 3.05) is 52.4 Å². The number of piperidine rings is 3. The van der Waals surface area contributed by atoms with Gasteiger partial charge >= 0.3 is 0 Å². The Bertz CT molecular complexity index is 1920. The van der Waals surface area contributed by atoms with E-state index < -0.39 is 0 Å². The lowest BCUT2D eigenvalue weighted by molar-refractivity contribution is -0.134. The van der Waals surface area contributed by atoms with Gasteiger partial charge in [-0.2, -0.15) is 0 Å². The zero-order valence-electron chi connectivity index (χ0n) is 29.3. The van der Waals surface area contributed by atoms with Crippen LogP contribution in [-0.4, -0.2) is 105 Å². The van der Waals surface area contributed by atoms with Gasteiger partial charge in [-0.05, 0) is 79.9 Å². The Hall–Kier alpha value is -4.33. The predicted molar refractivity (Wildman–Crippen MR) is 199 cm³/mol. The quantitative estimate of drug-likeness (QED) is 0.311. The Morgan fingerprint density at radius 1 is 0.808 bits per heavy atom. The molecule has 3 amide bonds. The van der Waals surface area contributed by atoms with Crippen LogP contribution in [0.25, 0.3) is 17.5 Å². The van der Waals surface area contributed by atoms with Crippen LogP contribution in [0.15, 0.2) is 59.3 Å². The maximum Gasteiger partial charge on any atom is 0.259 e. The molecule has 3 atom stereocenters. The average molecular weight is 720 g/mol.